The van der Waals surface area contributed by atoms with Crippen LogP contribution in [0.2, 0.25) is 0 Å². The maximum absolute atomic E-state index is 12.6. The summed E-state index contributed by atoms with van der Waals surface area (Å²) < 4.78 is 0. The van der Waals surface area contributed by atoms with E-state index in [0.29, 0.717) is 5.92 Å². The Morgan fingerprint density at radius 2 is 1.91 bits per heavy atom. The second-order valence-corrected chi connectivity index (χ2v) is 7.75. The summed E-state index contributed by atoms with van der Waals surface area (Å²) in [5.41, 5.74) is 2.20. The average Bonchev–Trinajstić information content (AvgIpc) is 3.19. The van der Waals surface area contributed by atoms with Gasteiger partial charge in [-0.2, -0.15) is 0 Å². The largest absolute Gasteiger partial charge is 0.370 e. The highest BCUT2D eigenvalue weighted by molar-refractivity contribution is 5.94. The van der Waals surface area contributed by atoms with Crippen LogP contribution in [-0.4, -0.2) is 19.0 Å². The summed E-state index contributed by atoms with van der Waals surface area (Å²) in [7, 11) is 0. The van der Waals surface area contributed by atoms with E-state index in [-0.39, 0.29) is 5.91 Å². The summed E-state index contributed by atoms with van der Waals surface area (Å²) in [5.74, 6) is 2.59. The maximum Gasteiger partial charge on any atom is 0.224 e. The Morgan fingerprint density at radius 1 is 1.09 bits per heavy atom. The molecule has 1 amide bonds. The van der Waals surface area contributed by atoms with Crippen molar-refractivity contribution in [2.24, 2.45) is 17.8 Å². The van der Waals surface area contributed by atoms with Gasteiger partial charge < -0.3 is 10.2 Å². The molecule has 3 fully saturated rings. The van der Waals surface area contributed by atoms with Crippen molar-refractivity contribution in [3.63, 3.8) is 0 Å². The number of para-hydroxylation sites is 2. The van der Waals surface area contributed by atoms with Crippen LogP contribution in [0.3, 0.4) is 0 Å². The number of nitrogens with zero attached hydrogens (tertiary/aromatic N) is 1. The number of amides is 1. The predicted octanol–water partition coefficient (Wildman–Crippen LogP) is 4.44. The van der Waals surface area contributed by atoms with Gasteiger partial charge in [0.1, 0.15) is 0 Å². The molecule has 1 N–H and O–H groups in total. The third-order valence-corrected chi connectivity index (χ3v) is 6.21. The molecule has 1 heterocycles. The minimum absolute atomic E-state index is 0.215. The first kappa shape index (κ1) is 15.0. The molecule has 124 valence electrons. The first-order chi connectivity index (χ1) is 11.3. The van der Waals surface area contributed by atoms with Gasteiger partial charge in [0.2, 0.25) is 5.91 Å². The van der Waals surface area contributed by atoms with E-state index >= 15 is 0 Å². The molecule has 2 aliphatic carbocycles. The number of hydrogen-bond acceptors (Lipinski definition) is 2. The van der Waals surface area contributed by atoms with Crippen LogP contribution in [0, 0.1) is 17.8 Å². The molecule has 3 heteroatoms. The summed E-state index contributed by atoms with van der Waals surface area (Å²) in [6.45, 7) is 2.22. The summed E-state index contributed by atoms with van der Waals surface area (Å²) in [4.78, 5) is 15.0. The Morgan fingerprint density at radius 3 is 2.65 bits per heavy atom. The van der Waals surface area contributed by atoms with Crippen LogP contribution in [0.25, 0.3) is 0 Å². The molecule has 1 aliphatic heterocycles. The molecule has 3 nitrogen and oxygen atoms in total. The quantitative estimate of drug-likeness (QED) is 0.891. The molecular formula is C20H28N2O. The molecule has 23 heavy (non-hydrogen) atoms. The van der Waals surface area contributed by atoms with Crippen LogP contribution in [0.15, 0.2) is 24.3 Å². The third-order valence-electron chi connectivity index (χ3n) is 6.21. The van der Waals surface area contributed by atoms with Crippen LogP contribution in [0.1, 0.15) is 51.4 Å². The number of benzene rings is 1. The lowest BCUT2D eigenvalue weighted by atomic mass is 9.86. The van der Waals surface area contributed by atoms with Gasteiger partial charge in [-0.1, -0.05) is 18.6 Å². The van der Waals surface area contributed by atoms with E-state index in [0.717, 1.165) is 37.0 Å². The first-order valence-electron chi connectivity index (χ1n) is 9.43. The zero-order valence-corrected chi connectivity index (χ0v) is 14.0. The van der Waals surface area contributed by atoms with Gasteiger partial charge in [-0.15, -0.1) is 0 Å². The van der Waals surface area contributed by atoms with E-state index in [4.69, 9.17) is 0 Å². The number of anilines is 2. The van der Waals surface area contributed by atoms with Crippen molar-refractivity contribution in [1.82, 2.24) is 0 Å². The van der Waals surface area contributed by atoms with E-state index < -0.39 is 0 Å². The number of carbonyl (C=O) groups is 1. The maximum atomic E-state index is 12.6. The average molecular weight is 312 g/mol. The standard InChI is InChI=1S/C20H28N2O/c23-20(14-17-13-15-8-9-16(17)12-15)21-18-6-2-3-7-19(18)22-10-4-1-5-11-22/h2-3,6-7,15-17H,1,4-5,8-14H2,(H,21,23). The molecular weight excluding hydrogens is 284 g/mol. The molecule has 0 spiro atoms. The lowest BCUT2D eigenvalue weighted by molar-refractivity contribution is -0.117. The number of hydrogen-bond donors (Lipinski definition) is 1. The smallest absolute Gasteiger partial charge is 0.224 e. The van der Waals surface area contributed by atoms with Gasteiger partial charge in [0.05, 0.1) is 11.4 Å². The van der Waals surface area contributed by atoms with Crippen LogP contribution in [0.4, 0.5) is 11.4 Å². The van der Waals surface area contributed by atoms with E-state index in [1.807, 2.05) is 6.07 Å². The molecule has 4 rings (SSSR count). The summed E-state index contributed by atoms with van der Waals surface area (Å²) >= 11 is 0. The van der Waals surface area contributed by atoms with Crippen molar-refractivity contribution < 1.29 is 4.79 Å². The zero-order chi connectivity index (χ0) is 15.6. The topological polar surface area (TPSA) is 32.3 Å². The van der Waals surface area contributed by atoms with Gasteiger partial charge in [0, 0.05) is 19.5 Å². The minimum Gasteiger partial charge on any atom is -0.370 e. The fraction of sp³-hybridized carbons (Fsp3) is 0.650. The van der Waals surface area contributed by atoms with Gasteiger partial charge in [0.25, 0.3) is 0 Å². The van der Waals surface area contributed by atoms with Gasteiger partial charge in [-0.3, -0.25) is 4.79 Å². The second kappa shape index (κ2) is 6.54. The monoisotopic (exact) mass is 312 g/mol. The number of carbonyl (C=O) groups excluding carboxylic acids is 1. The van der Waals surface area contributed by atoms with Crippen molar-refractivity contribution in [2.75, 3.05) is 23.3 Å². The van der Waals surface area contributed by atoms with E-state index in [9.17, 15) is 4.79 Å². The van der Waals surface area contributed by atoms with Crippen LogP contribution in [-0.2, 0) is 4.79 Å². The molecule has 2 bridgehead atoms. The van der Waals surface area contributed by atoms with Crippen molar-refractivity contribution >= 4 is 17.3 Å². The Bertz CT molecular complexity index is 565. The van der Waals surface area contributed by atoms with Crippen LogP contribution >= 0.6 is 0 Å². The van der Waals surface area contributed by atoms with Crippen LogP contribution < -0.4 is 10.2 Å². The Hall–Kier alpha value is -1.51. The summed E-state index contributed by atoms with van der Waals surface area (Å²) in [6.07, 6.45) is 9.98. The van der Waals surface area contributed by atoms with Gasteiger partial charge in [0.15, 0.2) is 0 Å². The third kappa shape index (κ3) is 3.24. The molecule has 1 saturated heterocycles. The van der Waals surface area contributed by atoms with Gasteiger partial charge in [-0.05, 0) is 68.4 Å². The molecule has 3 aliphatic rings. The molecule has 1 aromatic carbocycles. The number of fused-ring (bicyclic) bond motifs is 2. The second-order valence-electron chi connectivity index (χ2n) is 7.75. The lowest BCUT2D eigenvalue weighted by Gasteiger charge is -2.30. The Labute approximate surface area is 139 Å². The zero-order valence-electron chi connectivity index (χ0n) is 14.0. The first-order valence-corrected chi connectivity index (χ1v) is 9.43. The SMILES string of the molecule is O=C(CC1CC2CCC1C2)Nc1ccccc1N1CCCCC1. The highest BCUT2D eigenvalue weighted by Crippen LogP contribution is 2.49. The molecule has 2 saturated carbocycles. The van der Waals surface area contributed by atoms with Crippen molar-refractivity contribution in [3.05, 3.63) is 24.3 Å². The number of nitrogens with one attached hydrogen (secondary N) is 1. The summed E-state index contributed by atoms with van der Waals surface area (Å²) in [5, 5.41) is 3.21. The normalized spacial score (nSPS) is 29.7. The van der Waals surface area contributed by atoms with Crippen molar-refractivity contribution in [3.8, 4) is 0 Å². The van der Waals surface area contributed by atoms with Gasteiger partial charge >= 0.3 is 0 Å². The van der Waals surface area contributed by atoms with Crippen molar-refractivity contribution in [2.45, 2.75) is 51.4 Å². The minimum atomic E-state index is 0.215. The Balaban J connectivity index is 1.41. The highest BCUT2D eigenvalue weighted by atomic mass is 16.1. The molecule has 3 atom stereocenters. The molecule has 3 unspecified atom stereocenters. The van der Waals surface area contributed by atoms with E-state index in [2.05, 4.69) is 28.4 Å². The number of piperidine rings is 1. The molecule has 1 aromatic rings. The fourth-order valence-corrected chi connectivity index (χ4v) is 5.06. The summed E-state index contributed by atoms with van der Waals surface area (Å²) in [6, 6.07) is 8.32. The van der Waals surface area contributed by atoms with Crippen molar-refractivity contribution in [1.29, 1.82) is 0 Å². The van der Waals surface area contributed by atoms with E-state index in [1.165, 1.54) is 50.6 Å². The predicted molar refractivity (Wildman–Crippen MR) is 94.7 cm³/mol. The molecule has 0 radical (unpaired) electrons. The number of rotatable bonds is 4. The Kier molecular flexibility index (Phi) is 4.28. The van der Waals surface area contributed by atoms with Crippen LogP contribution in [0.5, 0.6) is 0 Å². The lowest BCUT2D eigenvalue weighted by Crippen LogP contribution is -2.30. The highest BCUT2D eigenvalue weighted by Gasteiger charge is 2.40. The fourth-order valence-electron chi connectivity index (χ4n) is 5.06. The molecule has 0 aromatic heterocycles. The van der Waals surface area contributed by atoms with E-state index in [1.54, 1.807) is 0 Å². The van der Waals surface area contributed by atoms with Gasteiger partial charge in [-0.25, -0.2) is 0 Å².